The molecule has 0 aliphatic carbocycles. The van der Waals surface area contributed by atoms with E-state index in [0.29, 0.717) is 0 Å². The Balaban J connectivity index is 2.77. The Kier molecular flexibility index (Phi) is 6.91. The molecule has 0 amide bonds. The number of nitrogens with one attached hydrogen (secondary N) is 1. The van der Waals surface area contributed by atoms with Gasteiger partial charge in [-0.15, -0.1) is 0 Å². The molecule has 0 rings (SSSR count). The molecule has 0 spiro atoms. The fourth-order valence-electron chi connectivity index (χ4n) is 0.630. The first-order valence-electron chi connectivity index (χ1n) is 3.76. The first-order valence-corrected chi connectivity index (χ1v) is 3.76. The molecule has 0 aliphatic heterocycles. The lowest BCUT2D eigenvalue weighted by molar-refractivity contribution is 0.128. The van der Waals surface area contributed by atoms with Crippen molar-refractivity contribution in [3.8, 4) is 0 Å². The number of hydrogen-bond acceptors (Lipinski definition) is 3. The molecular weight excluding hydrogens is 130 g/mol. The fourth-order valence-corrected chi connectivity index (χ4v) is 0.630. The van der Waals surface area contributed by atoms with Gasteiger partial charge in [-0.05, 0) is 26.8 Å². The molecule has 0 saturated heterocycles. The minimum atomic E-state index is -0.401. The standard InChI is InChI=1S/C7H17NO2/c1-3-10-6-4-5-8-7(2)9/h7-9H,3-6H2,1-2H3. The van der Waals surface area contributed by atoms with Crippen LogP contribution in [0, 0.1) is 0 Å². The SMILES string of the molecule is CCOCCCNC(C)O. The zero-order chi connectivity index (χ0) is 7.82. The van der Waals surface area contributed by atoms with Crippen LogP contribution in [0.2, 0.25) is 0 Å². The zero-order valence-corrected chi connectivity index (χ0v) is 6.76. The second-order valence-electron chi connectivity index (χ2n) is 2.18. The Hall–Kier alpha value is -0.120. The fraction of sp³-hybridized carbons (Fsp3) is 1.00. The summed E-state index contributed by atoms with van der Waals surface area (Å²) in [5.41, 5.74) is 0. The maximum Gasteiger partial charge on any atom is 0.102 e. The lowest BCUT2D eigenvalue weighted by Gasteiger charge is -2.06. The van der Waals surface area contributed by atoms with E-state index >= 15 is 0 Å². The minimum Gasteiger partial charge on any atom is -0.382 e. The second-order valence-corrected chi connectivity index (χ2v) is 2.18. The summed E-state index contributed by atoms with van der Waals surface area (Å²) in [6, 6.07) is 0. The molecule has 1 unspecified atom stereocenters. The van der Waals surface area contributed by atoms with Crippen molar-refractivity contribution in [2.45, 2.75) is 26.5 Å². The quantitative estimate of drug-likeness (QED) is 0.420. The molecule has 0 bridgehead atoms. The summed E-state index contributed by atoms with van der Waals surface area (Å²) < 4.78 is 5.09. The van der Waals surface area contributed by atoms with E-state index in [1.807, 2.05) is 6.92 Å². The van der Waals surface area contributed by atoms with Crippen molar-refractivity contribution < 1.29 is 9.84 Å². The molecule has 3 heteroatoms. The van der Waals surface area contributed by atoms with Crippen LogP contribution in [0.15, 0.2) is 0 Å². The van der Waals surface area contributed by atoms with E-state index in [-0.39, 0.29) is 0 Å². The average molecular weight is 147 g/mol. The molecule has 0 saturated carbocycles. The molecule has 2 N–H and O–H groups in total. The van der Waals surface area contributed by atoms with Gasteiger partial charge in [-0.25, -0.2) is 0 Å². The van der Waals surface area contributed by atoms with Crippen LogP contribution in [0.5, 0.6) is 0 Å². The number of aliphatic hydroxyl groups excluding tert-OH is 1. The molecule has 0 aromatic heterocycles. The van der Waals surface area contributed by atoms with Crippen LogP contribution >= 0.6 is 0 Å². The summed E-state index contributed by atoms with van der Waals surface area (Å²) in [5.74, 6) is 0. The van der Waals surface area contributed by atoms with E-state index in [9.17, 15) is 0 Å². The molecule has 0 radical (unpaired) electrons. The predicted molar refractivity (Wildman–Crippen MR) is 40.8 cm³/mol. The summed E-state index contributed by atoms with van der Waals surface area (Å²) in [5, 5.41) is 11.6. The van der Waals surface area contributed by atoms with Gasteiger partial charge in [-0.2, -0.15) is 0 Å². The Morgan fingerprint density at radius 1 is 1.60 bits per heavy atom. The van der Waals surface area contributed by atoms with E-state index in [1.54, 1.807) is 6.92 Å². The van der Waals surface area contributed by atoms with E-state index < -0.39 is 6.23 Å². The molecule has 10 heavy (non-hydrogen) atoms. The third-order valence-corrected chi connectivity index (χ3v) is 1.11. The third kappa shape index (κ3) is 7.88. The molecule has 0 heterocycles. The van der Waals surface area contributed by atoms with Gasteiger partial charge in [0.15, 0.2) is 0 Å². The van der Waals surface area contributed by atoms with E-state index in [4.69, 9.17) is 9.84 Å². The Morgan fingerprint density at radius 3 is 2.80 bits per heavy atom. The van der Waals surface area contributed by atoms with Gasteiger partial charge in [-0.3, -0.25) is 5.32 Å². The van der Waals surface area contributed by atoms with Gasteiger partial charge >= 0.3 is 0 Å². The third-order valence-electron chi connectivity index (χ3n) is 1.11. The van der Waals surface area contributed by atoms with Crippen molar-refractivity contribution in [2.75, 3.05) is 19.8 Å². The first kappa shape index (κ1) is 9.88. The van der Waals surface area contributed by atoms with Crippen LogP contribution < -0.4 is 5.32 Å². The highest BCUT2D eigenvalue weighted by atomic mass is 16.5. The maximum atomic E-state index is 8.76. The predicted octanol–water partition coefficient (Wildman–Crippen LogP) is 0.341. The number of rotatable bonds is 6. The van der Waals surface area contributed by atoms with Crippen molar-refractivity contribution in [1.29, 1.82) is 0 Å². The zero-order valence-electron chi connectivity index (χ0n) is 6.76. The van der Waals surface area contributed by atoms with E-state index in [0.717, 1.165) is 26.2 Å². The van der Waals surface area contributed by atoms with Crippen LogP contribution in [-0.4, -0.2) is 31.1 Å². The van der Waals surface area contributed by atoms with Crippen LogP contribution in [0.4, 0.5) is 0 Å². The van der Waals surface area contributed by atoms with Gasteiger partial charge in [0.1, 0.15) is 6.23 Å². The summed E-state index contributed by atoms with van der Waals surface area (Å²) >= 11 is 0. The van der Waals surface area contributed by atoms with Crippen LogP contribution in [0.1, 0.15) is 20.3 Å². The topological polar surface area (TPSA) is 41.5 Å². The highest BCUT2D eigenvalue weighted by molar-refractivity contribution is 4.45. The van der Waals surface area contributed by atoms with Gasteiger partial charge in [0.25, 0.3) is 0 Å². The van der Waals surface area contributed by atoms with E-state index in [2.05, 4.69) is 5.32 Å². The summed E-state index contributed by atoms with van der Waals surface area (Å²) in [6.45, 7) is 6.05. The van der Waals surface area contributed by atoms with Crippen molar-refractivity contribution in [3.63, 3.8) is 0 Å². The summed E-state index contributed by atoms with van der Waals surface area (Å²) in [4.78, 5) is 0. The largest absolute Gasteiger partial charge is 0.382 e. The van der Waals surface area contributed by atoms with Gasteiger partial charge < -0.3 is 9.84 Å². The Morgan fingerprint density at radius 2 is 2.30 bits per heavy atom. The number of aliphatic hydroxyl groups is 1. The summed E-state index contributed by atoms with van der Waals surface area (Å²) in [6.07, 6.45) is 0.556. The minimum absolute atomic E-state index is 0.401. The highest BCUT2D eigenvalue weighted by Crippen LogP contribution is 1.80. The van der Waals surface area contributed by atoms with E-state index in [1.165, 1.54) is 0 Å². The molecule has 0 aliphatic rings. The molecule has 62 valence electrons. The van der Waals surface area contributed by atoms with Crippen molar-refractivity contribution in [1.82, 2.24) is 5.32 Å². The second kappa shape index (κ2) is 6.99. The summed E-state index contributed by atoms with van der Waals surface area (Å²) in [7, 11) is 0. The number of hydrogen-bond donors (Lipinski definition) is 2. The Labute approximate surface area is 62.4 Å². The highest BCUT2D eigenvalue weighted by Gasteiger charge is 1.91. The molecule has 0 aromatic carbocycles. The first-order chi connectivity index (χ1) is 4.77. The lowest BCUT2D eigenvalue weighted by atomic mass is 10.4. The van der Waals surface area contributed by atoms with Crippen LogP contribution in [0.3, 0.4) is 0 Å². The molecule has 3 nitrogen and oxygen atoms in total. The lowest BCUT2D eigenvalue weighted by Crippen LogP contribution is -2.26. The average Bonchev–Trinajstić information content (AvgIpc) is 1.87. The van der Waals surface area contributed by atoms with Crippen LogP contribution in [0.25, 0.3) is 0 Å². The normalized spacial score (nSPS) is 13.5. The van der Waals surface area contributed by atoms with Crippen molar-refractivity contribution >= 4 is 0 Å². The molecule has 0 aromatic rings. The maximum absolute atomic E-state index is 8.76. The van der Waals surface area contributed by atoms with Crippen molar-refractivity contribution in [3.05, 3.63) is 0 Å². The Bertz CT molecular complexity index is 66.6. The molecule has 0 fully saturated rings. The molecular formula is C7H17NO2. The molecule has 1 atom stereocenters. The monoisotopic (exact) mass is 147 g/mol. The van der Waals surface area contributed by atoms with Gasteiger partial charge in [0.05, 0.1) is 0 Å². The van der Waals surface area contributed by atoms with Gasteiger partial charge in [0, 0.05) is 13.2 Å². The smallest absolute Gasteiger partial charge is 0.102 e. The van der Waals surface area contributed by atoms with Gasteiger partial charge in [0.2, 0.25) is 0 Å². The van der Waals surface area contributed by atoms with Crippen molar-refractivity contribution in [2.24, 2.45) is 0 Å². The van der Waals surface area contributed by atoms with Crippen LogP contribution in [-0.2, 0) is 4.74 Å². The van der Waals surface area contributed by atoms with Gasteiger partial charge in [-0.1, -0.05) is 0 Å². The number of ether oxygens (including phenoxy) is 1.